The Bertz CT molecular complexity index is 1230. The van der Waals surface area contributed by atoms with Crippen LogP contribution in [0.5, 0.6) is 0 Å². The van der Waals surface area contributed by atoms with Crippen molar-refractivity contribution in [2.75, 3.05) is 24.1 Å². The van der Waals surface area contributed by atoms with Gasteiger partial charge in [-0.05, 0) is 37.5 Å². The lowest BCUT2D eigenvalue weighted by molar-refractivity contribution is 0.120. The Kier molecular flexibility index (Phi) is 3.88. The second kappa shape index (κ2) is 6.63. The number of rotatable bonds is 4. The fourth-order valence-electron chi connectivity index (χ4n) is 4.31. The number of halogens is 1. The molecule has 9 nitrogen and oxygen atoms in total. The molecule has 30 heavy (non-hydrogen) atoms. The molecule has 10 heteroatoms. The van der Waals surface area contributed by atoms with Crippen molar-refractivity contribution in [3.8, 4) is 11.3 Å². The van der Waals surface area contributed by atoms with Gasteiger partial charge in [0.25, 0.3) is 0 Å². The third kappa shape index (κ3) is 2.95. The average Bonchev–Trinajstić information content (AvgIpc) is 3.32. The number of imidazole rings is 1. The van der Waals surface area contributed by atoms with Crippen LogP contribution in [0.15, 0.2) is 36.8 Å². The second-order valence-corrected chi connectivity index (χ2v) is 8.07. The smallest absolute Gasteiger partial charge is 0.243 e. The van der Waals surface area contributed by atoms with E-state index in [0.29, 0.717) is 29.9 Å². The first-order valence-electron chi connectivity index (χ1n) is 10.3. The van der Waals surface area contributed by atoms with Gasteiger partial charge in [-0.15, -0.1) is 5.10 Å². The summed E-state index contributed by atoms with van der Waals surface area (Å²) in [6.07, 6.45) is 7.47. The average molecular weight is 407 g/mol. The van der Waals surface area contributed by atoms with Gasteiger partial charge in [-0.1, -0.05) is 0 Å². The Morgan fingerprint density at radius 1 is 1.07 bits per heavy atom. The van der Waals surface area contributed by atoms with E-state index in [4.69, 9.17) is 5.73 Å². The molecular formula is C20H22FN9. The van der Waals surface area contributed by atoms with Gasteiger partial charge >= 0.3 is 0 Å². The van der Waals surface area contributed by atoms with E-state index in [2.05, 4.69) is 30.4 Å². The first kappa shape index (κ1) is 17.6. The summed E-state index contributed by atoms with van der Waals surface area (Å²) in [4.78, 5) is 10.9. The molecule has 0 unspecified atom stereocenters. The summed E-state index contributed by atoms with van der Waals surface area (Å²) in [6, 6.07) is 5.97. The second-order valence-electron chi connectivity index (χ2n) is 8.07. The number of nitrogens with two attached hydrogens (primary N) is 1. The van der Waals surface area contributed by atoms with Crippen LogP contribution in [-0.4, -0.2) is 65.4 Å². The summed E-state index contributed by atoms with van der Waals surface area (Å²) in [6.45, 7) is 1.37. The van der Waals surface area contributed by atoms with Crippen LogP contribution in [0, 0.1) is 0 Å². The summed E-state index contributed by atoms with van der Waals surface area (Å²) in [5.74, 6) is 0.665. The topological polar surface area (TPSA) is 102 Å². The number of nitrogens with one attached hydrogen (secondary N) is 1. The van der Waals surface area contributed by atoms with Crippen LogP contribution in [0.2, 0.25) is 0 Å². The molecule has 154 valence electrons. The quantitative estimate of drug-likeness (QED) is 0.534. The van der Waals surface area contributed by atoms with E-state index in [1.54, 1.807) is 21.4 Å². The van der Waals surface area contributed by atoms with Crippen molar-refractivity contribution in [2.45, 2.75) is 37.5 Å². The molecule has 0 spiro atoms. The van der Waals surface area contributed by atoms with Crippen LogP contribution < -0.4 is 11.1 Å². The highest BCUT2D eigenvalue weighted by molar-refractivity contribution is 5.86. The summed E-state index contributed by atoms with van der Waals surface area (Å²) in [5, 5.41) is 12.3. The molecule has 0 aromatic carbocycles. The van der Waals surface area contributed by atoms with Gasteiger partial charge in [0.05, 0.1) is 11.7 Å². The number of nitrogen functional groups attached to an aromatic ring is 1. The predicted molar refractivity (Wildman–Crippen MR) is 111 cm³/mol. The molecule has 5 heterocycles. The highest BCUT2D eigenvalue weighted by atomic mass is 19.1. The molecule has 0 radical (unpaired) electrons. The maximum Gasteiger partial charge on any atom is 0.243 e. The van der Waals surface area contributed by atoms with Crippen LogP contribution in [0.3, 0.4) is 0 Å². The Labute approximate surface area is 171 Å². The highest BCUT2D eigenvalue weighted by Gasteiger charge is 2.37. The van der Waals surface area contributed by atoms with Gasteiger partial charge in [0.2, 0.25) is 5.95 Å². The van der Waals surface area contributed by atoms with E-state index in [-0.39, 0.29) is 6.04 Å². The fraction of sp³-hybridized carbons (Fsp3) is 0.400. The first-order chi connectivity index (χ1) is 14.7. The van der Waals surface area contributed by atoms with Crippen molar-refractivity contribution in [3.63, 3.8) is 0 Å². The number of piperidine rings is 1. The monoisotopic (exact) mass is 407 g/mol. The molecule has 1 aliphatic carbocycles. The number of hydrogen-bond acceptors (Lipinski definition) is 7. The van der Waals surface area contributed by atoms with Gasteiger partial charge < -0.3 is 11.1 Å². The normalized spacial score (nSPS) is 22.7. The minimum absolute atomic E-state index is 0.308. The molecule has 2 fully saturated rings. The molecule has 1 saturated carbocycles. The Balaban J connectivity index is 1.28. The lowest BCUT2D eigenvalue weighted by atomic mass is 10.0. The van der Waals surface area contributed by atoms with E-state index in [1.165, 1.54) is 12.8 Å². The van der Waals surface area contributed by atoms with Gasteiger partial charge in [-0.3, -0.25) is 4.90 Å². The van der Waals surface area contributed by atoms with Crippen molar-refractivity contribution < 1.29 is 4.39 Å². The van der Waals surface area contributed by atoms with Gasteiger partial charge in [-0.25, -0.2) is 18.4 Å². The summed E-state index contributed by atoms with van der Waals surface area (Å²) < 4.78 is 18.1. The van der Waals surface area contributed by atoms with Gasteiger partial charge in [0.15, 0.2) is 11.5 Å². The Morgan fingerprint density at radius 2 is 1.97 bits per heavy atom. The lowest BCUT2D eigenvalue weighted by Crippen LogP contribution is -2.48. The van der Waals surface area contributed by atoms with Crippen molar-refractivity contribution in [2.24, 2.45) is 0 Å². The van der Waals surface area contributed by atoms with Crippen LogP contribution in [0.1, 0.15) is 19.3 Å². The molecule has 2 atom stereocenters. The first-order valence-corrected chi connectivity index (χ1v) is 10.3. The van der Waals surface area contributed by atoms with Gasteiger partial charge in [0, 0.05) is 43.3 Å². The van der Waals surface area contributed by atoms with Crippen LogP contribution in [0.4, 0.5) is 16.2 Å². The minimum atomic E-state index is -0.953. The standard InChI is InChI=1S/C20H22FN9/c21-14-11-28(12-1-2-12)8-6-16(14)24-20-25-19(22)18-13(5-9-30(18)27-20)15-3-4-17-23-7-10-29(17)26-15/h3-5,7,9-10,12,14,16H,1-2,6,8,11H2,(H3,22,24,25,27)/t14-,16+/m1/s1. The largest absolute Gasteiger partial charge is 0.382 e. The zero-order valence-corrected chi connectivity index (χ0v) is 16.3. The number of nitrogens with zero attached hydrogens (tertiary/aromatic N) is 7. The maximum absolute atomic E-state index is 14.7. The number of aromatic nitrogens is 6. The van der Waals surface area contributed by atoms with E-state index < -0.39 is 6.17 Å². The van der Waals surface area contributed by atoms with Gasteiger partial charge in [-0.2, -0.15) is 10.1 Å². The van der Waals surface area contributed by atoms with Crippen LogP contribution in [-0.2, 0) is 0 Å². The summed E-state index contributed by atoms with van der Waals surface area (Å²) >= 11 is 0. The SMILES string of the molecule is Nc1nc(N[C@H]2CCN(C3CC3)C[C@H]2F)nn2ccc(-c3ccc4nccn4n3)c12. The fourth-order valence-corrected chi connectivity index (χ4v) is 4.31. The third-order valence-corrected chi connectivity index (χ3v) is 6.02. The number of likely N-dealkylation sites (tertiary alicyclic amines) is 1. The molecule has 4 aromatic heterocycles. The summed E-state index contributed by atoms with van der Waals surface area (Å²) in [5.41, 5.74) is 9.30. The molecule has 6 rings (SSSR count). The summed E-state index contributed by atoms with van der Waals surface area (Å²) in [7, 11) is 0. The van der Waals surface area contributed by atoms with Gasteiger partial charge in [0.1, 0.15) is 11.7 Å². The van der Waals surface area contributed by atoms with E-state index in [1.807, 2.05) is 24.4 Å². The third-order valence-electron chi connectivity index (χ3n) is 6.02. The zero-order valence-electron chi connectivity index (χ0n) is 16.3. The van der Waals surface area contributed by atoms with E-state index in [9.17, 15) is 4.39 Å². The molecule has 3 N–H and O–H groups in total. The number of alkyl halides is 1. The van der Waals surface area contributed by atoms with Crippen LogP contribution in [0.25, 0.3) is 22.4 Å². The zero-order chi connectivity index (χ0) is 20.2. The van der Waals surface area contributed by atoms with Crippen molar-refractivity contribution >= 4 is 22.9 Å². The van der Waals surface area contributed by atoms with Crippen molar-refractivity contribution in [3.05, 3.63) is 36.8 Å². The van der Waals surface area contributed by atoms with E-state index in [0.717, 1.165) is 29.9 Å². The Hall–Kier alpha value is -3.27. The molecular weight excluding hydrogens is 385 g/mol. The number of anilines is 2. The van der Waals surface area contributed by atoms with Crippen molar-refractivity contribution in [1.29, 1.82) is 0 Å². The molecule has 1 saturated heterocycles. The molecule has 0 bridgehead atoms. The molecule has 4 aromatic rings. The Morgan fingerprint density at radius 3 is 2.80 bits per heavy atom. The lowest BCUT2D eigenvalue weighted by Gasteiger charge is -2.35. The van der Waals surface area contributed by atoms with Crippen molar-refractivity contribution in [1.82, 2.24) is 34.1 Å². The highest BCUT2D eigenvalue weighted by Crippen LogP contribution is 2.31. The molecule has 0 amide bonds. The number of hydrogen-bond donors (Lipinski definition) is 2. The maximum atomic E-state index is 14.7. The number of fused-ring (bicyclic) bond motifs is 2. The van der Waals surface area contributed by atoms with E-state index >= 15 is 0 Å². The minimum Gasteiger partial charge on any atom is -0.382 e. The predicted octanol–water partition coefficient (Wildman–Crippen LogP) is 2.01. The van der Waals surface area contributed by atoms with Crippen LogP contribution >= 0.6 is 0 Å². The molecule has 1 aliphatic heterocycles. The molecule has 2 aliphatic rings.